The molecule has 0 aliphatic heterocycles. The minimum Gasteiger partial charge on any atom is -0.488 e. The summed E-state index contributed by atoms with van der Waals surface area (Å²) in [4.78, 5) is 0. The molecule has 0 amide bonds. The number of nitrogen functional groups attached to an aromatic ring is 1. The Morgan fingerprint density at radius 1 is 1.40 bits per heavy atom. The van der Waals surface area contributed by atoms with Crippen LogP contribution < -0.4 is 10.5 Å². The molecule has 0 aliphatic carbocycles. The summed E-state index contributed by atoms with van der Waals surface area (Å²) >= 11 is 0. The van der Waals surface area contributed by atoms with E-state index in [2.05, 4.69) is 5.16 Å². The molecule has 0 atom stereocenters. The van der Waals surface area contributed by atoms with Gasteiger partial charge in [-0.05, 0) is 18.6 Å². The van der Waals surface area contributed by atoms with Crippen molar-refractivity contribution in [1.82, 2.24) is 5.16 Å². The molecule has 1 aromatic carbocycles. The van der Waals surface area contributed by atoms with Crippen molar-refractivity contribution in [3.05, 3.63) is 41.6 Å². The van der Waals surface area contributed by atoms with Crippen LogP contribution in [0.25, 0.3) is 0 Å². The fraction of sp³-hybridized carbons (Fsp3) is 0.182. The number of aromatic nitrogens is 1. The van der Waals surface area contributed by atoms with E-state index in [1.165, 1.54) is 0 Å². The van der Waals surface area contributed by atoms with E-state index in [0.717, 1.165) is 16.9 Å². The van der Waals surface area contributed by atoms with E-state index < -0.39 is 0 Å². The van der Waals surface area contributed by atoms with Crippen LogP contribution in [0.3, 0.4) is 0 Å². The Labute approximate surface area is 87.6 Å². The second-order valence-corrected chi connectivity index (χ2v) is 3.27. The summed E-state index contributed by atoms with van der Waals surface area (Å²) in [5, 5.41) is 3.58. The van der Waals surface area contributed by atoms with Gasteiger partial charge >= 0.3 is 0 Å². The van der Waals surface area contributed by atoms with E-state index in [0.29, 0.717) is 12.5 Å². The SMILES string of the molecule is Cc1ccccc1OCc1cnoc1N. The van der Waals surface area contributed by atoms with Crippen LogP contribution in [0, 0.1) is 6.92 Å². The van der Waals surface area contributed by atoms with Crippen molar-refractivity contribution in [2.75, 3.05) is 5.73 Å². The van der Waals surface area contributed by atoms with Gasteiger partial charge in [-0.2, -0.15) is 0 Å². The van der Waals surface area contributed by atoms with Crippen molar-refractivity contribution in [1.29, 1.82) is 0 Å². The number of hydrogen-bond acceptors (Lipinski definition) is 4. The van der Waals surface area contributed by atoms with Crippen molar-refractivity contribution in [3.8, 4) is 5.75 Å². The van der Waals surface area contributed by atoms with E-state index in [1.54, 1.807) is 6.20 Å². The minimum atomic E-state index is 0.309. The first-order valence-electron chi connectivity index (χ1n) is 4.65. The zero-order valence-electron chi connectivity index (χ0n) is 8.43. The lowest BCUT2D eigenvalue weighted by Gasteiger charge is -2.07. The van der Waals surface area contributed by atoms with Gasteiger partial charge in [0.25, 0.3) is 0 Å². The Morgan fingerprint density at radius 2 is 2.20 bits per heavy atom. The lowest BCUT2D eigenvalue weighted by atomic mass is 10.2. The standard InChI is InChI=1S/C11H12N2O2/c1-8-4-2-3-5-10(8)14-7-9-6-13-15-11(9)12/h2-6H,7,12H2,1H3. The van der Waals surface area contributed by atoms with Crippen LogP contribution in [0.5, 0.6) is 5.75 Å². The van der Waals surface area contributed by atoms with Gasteiger partial charge in [-0.3, -0.25) is 0 Å². The summed E-state index contributed by atoms with van der Waals surface area (Å²) < 4.78 is 10.3. The van der Waals surface area contributed by atoms with Gasteiger partial charge in [-0.25, -0.2) is 0 Å². The third kappa shape index (κ3) is 2.10. The summed E-state index contributed by atoms with van der Waals surface area (Å²) in [6.45, 7) is 2.37. The molecule has 0 saturated heterocycles. The predicted octanol–water partition coefficient (Wildman–Crippen LogP) is 2.14. The van der Waals surface area contributed by atoms with Crippen LogP contribution >= 0.6 is 0 Å². The summed E-state index contributed by atoms with van der Waals surface area (Å²) in [7, 11) is 0. The molecule has 0 spiro atoms. The van der Waals surface area contributed by atoms with E-state index in [9.17, 15) is 0 Å². The molecular weight excluding hydrogens is 192 g/mol. The molecule has 78 valence electrons. The molecule has 0 saturated carbocycles. The molecule has 2 rings (SSSR count). The van der Waals surface area contributed by atoms with Gasteiger partial charge in [0.2, 0.25) is 5.88 Å². The second-order valence-electron chi connectivity index (χ2n) is 3.27. The number of ether oxygens (including phenoxy) is 1. The summed E-state index contributed by atoms with van der Waals surface area (Å²) in [6, 6.07) is 7.81. The summed E-state index contributed by atoms with van der Waals surface area (Å²) in [6.07, 6.45) is 1.56. The molecular formula is C11H12N2O2. The molecule has 2 aromatic rings. The Kier molecular flexibility index (Phi) is 2.58. The predicted molar refractivity (Wildman–Crippen MR) is 56.4 cm³/mol. The van der Waals surface area contributed by atoms with Crippen LogP contribution in [0.4, 0.5) is 5.88 Å². The lowest BCUT2D eigenvalue weighted by molar-refractivity contribution is 0.304. The molecule has 0 bridgehead atoms. The van der Waals surface area contributed by atoms with Gasteiger partial charge in [0.1, 0.15) is 12.4 Å². The maximum absolute atomic E-state index is 5.58. The molecule has 2 N–H and O–H groups in total. The lowest BCUT2D eigenvalue weighted by Crippen LogP contribution is -1.98. The molecule has 4 nitrogen and oxygen atoms in total. The van der Waals surface area contributed by atoms with Gasteiger partial charge < -0.3 is 15.0 Å². The average Bonchev–Trinajstić information content (AvgIpc) is 2.63. The molecule has 1 aromatic heterocycles. The number of hydrogen-bond donors (Lipinski definition) is 1. The van der Waals surface area contributed by atoms with E-state index in [4.69, 9.17) is 15.0 Å². The normalized spacial score (nSPS) is 10.2. The van der Waals surface area contributed by atoms with Crippen molar-refractivity contribution in [2.24, 2.45) is 0 Å². The first-order valence-corrected chi connectivity index (χ1v) is 4.65. The molecule has 0 unspecified atom stereocenters. The molecule has 4 heteroatoms. The van der Waals surface area contributed by atoms with Crippen molar-refractivity contribution >= 4 is 5.88 Å². The molecule has 1 heterocycles. The summed E-state index contributed by atoms with van der Waals surface area (Å²) in [5.74, 6) is 1.15. The van der Waals surface area contributed by atoms with Gasteiger partial charge in [-0.15, -0.1) is 0 Å². The number of nitrogens with two attached hydrogens (primary N) is 1. The third-order valence-electron chi connectivity index (χ3n) is 2.15. The zero-order chi connectivity index (χ0) is 10.7. The number of nitrogens with zero attached hydrogens (tertiary/aromatic N) is 1. The largest absolute Gasteiger partial charge is 0.488 e. The number of benzene rings is 1. The molecule has 0 fully saturated rings. The van der Waals surface area contributed by atoms with Gasteiger partial charge in [0.05, 0.1) is 11.8 Å². The van der Waals surface area contributed by atoms with Crippen molar-refractivity contribution < 1.29 is 9.26 Å². The highest BCUT2D eigenvalue weighted by molar-refractivity contribution is 5.35. The van der Waals surface area contributed by atoms with Crippen LogP contribution in [0.15, 0.2) is 35.0 Å². The minimum absolute atomic E-state index is 0.309. The number of para-hydroxylation sites is 1. The number of anilines is 1. The first kappa shape index (κ1) is 9.58. The Balaban J connectivity index is 2.06. The molecule has 0 aliphatic rings. The van der Waals surface area contributed by atoms with Crippen LogP contribution in [0.1, 0.15) is 11.1 Å². The average molecular weight is 204 g/mol. The Morgan fingerprint density at radius 3 is 2.87 bits per heavy atom. The van der Waals surface area contributed by atoms with Gasteiger partial charge in [-0.1, -0.05) is 23.4 Å². The first-order chi connectivity index (χ1) is 7.27. The van der Waals surface area contributed by atoms with Gasteiger partial charge in [0.15, 0.2) is 0 Å². The highest BCUT2D eigenvalue weighted by atomic mass is 16.5. The van der Waals surface area contributed by atoms with Crippen LogP contribution in [0.2, 0.25) is 0 Å². The fourth-order valence-corrected chi connectivity index (χ4v) is 1.25. The monoisotopic (exact) mass is 204 g/mol. The van der Waals surface area contributed by atoms with E-state index >= 15 is 0 Å². The van der Waals surface area contributed by atoms with Gasteiger partial charge in [0, 0.05) is 0 Å². The number of rotatable bonds is 3. The Bertz CT molecular complexity index is 451. The van der Waals surface area contributed by atoms with E-state index in [1.807, 2.05) is 31.2 Å². The van der Waals surface area contributed by atoms with Crippen molar-refractivity contribution in [3.63, 3.8) is 0 Å². The highest BCUT2D eigenvalue weighted by Crippen LogP contribution is 2.19. The zero-order valence-corrected chi connectivity index (χ0v) is 8.43. The molecule has 15 heavy (non-hydrogen) atoms. The Hall–Kier alpha value is -1.97. The fourth-order valence-electron chi connectivity index (χ4n) is 1.25. The third-order valence-corrected chi connectivity index (χ3v) is 2.15. The quantitative estimate of drug-likeness (QED) is 0.832. The number of aryl methyl sites for hydroxylation is 1. The smallest absolute Gasteiger partial charge is 0.228 e. The summed E-state index contributed by atoms with van der Waals surface area (Å²) in [5.41, 5.74) is 7.39. The van der Waals surface area contributed by atoms with Crippen LogP contribution in [-0.4, -0.2) is 5.16 Å². The topological polar surface area (TPSA) is 61.3 Å². The maximum Gasteiger partial charge on any atom is 0.228 e. The highest BCUT2D eigenvalue weighted by Gasteiger charge is 2.05. The maximum atomic E-state index is 5.58. The second kappa shape index (κ2) is 4.04. The molecule has 0 radical (unpaired) electrons. The van der Waals surface area contributed by atoms with E-state index in [-0.39, 0.29) is 0 Å². The van der Waals surface area contributed by atoms with Crippen LogP contribution in [-0.2, 0) is 6.61 Å². The van der Waals surface area contributed by atoms with Crippen molar-refractivity contribution in [2.45, 2.75) is 13.5 Å².